The topological polar surface area (TPSA) is 20.3 Å². The lowest BCUT2D eigenvalue weighted by molar-refractivity contribution is -0.116. The van der Waals surface area contributed by atoms with Gasteiger partial charge in [-0.25, -0.2) is 0 Å². The van der Waals surface area contributed by atoms with Gasteiger partial charge in [0, 0.05) is 14.8 Å². The van der Waals surface area contributed by atoms with E-state index < -0.39 is 0 Å². The number of halogens is 1. The van der Waals surface area contributed by atoms with E-state index in [4.69, 9.17) is 11.6 Å². The molecule has 25 heavy (non-hydrogen) atoms. The molecule has 1 aliphatic carbocycles. The Bertz CT molecular complexity index is 847. The highest BCUT2D eigenvalue weighted by molar-refractivity contribution is 8.00. The van der Waals surface area contributed by atoms with Crippen LogP contribution in [-0.2, 0) is 4.79 Å². The summed E-state index contributed by atoms with van der Waals surface area (Å²) < 4.78 is 0. The first kappa shape index (κ1) is 16.8. The van der Waals surface area contributed by atoms with Gasteiger partial charge in [0.1, 0.15) is 0 Å². The molecule has 5 heteroatoms. The van der Waals surface area contributed by atoms with Gasteiger partial charge in [0.15, 0.2) is 0 Å². The van der Waals surface area contributed by atoms with E-state index in [-0.39, 0.29) is 17.2 Å². The molecule has 0 radical (unpaired) electrons. The van der Waals surface area contributed by atoms with E-state index >= 15 is 0 Å². The van der Waals surface area contributed by atoms with Gasteiger partial charge in [-0.2, -0.15) is 0 Å². The van der Waals surface area contributed by atoms with Gasteiger partial charge in [0.2, 0.25) is 5.91 Å². The monoisotopic (exact) mass is 385 g/mol. The quantitative estimate of drug-likeness (QED) is 0.656. The van der Waals surface area contributed by atoms with Crippen molar-refractivity contribution in [2.75, 3.05) is 10.7 Å². The molecule has 1 heterocycles. The van der Waals surface area contributed by atoms with E-state index in [1.54, 1.807) is 11.8 Å². The number of carbonyl (C=O) groups excluding carboxylic acids is 1. The van der Waals surface area contributed by atoms with Crippen LogP contribution in [0.4, 0.5) is 5.69 Å². The van der Waals surface area contributed by atoms with Crippen LogP contribution in [0.3, 0.4) is 0 Å². The Morgan fingerprint density at radius 2 is 1.84 bits per heavy atom. The lowest BCUT2D eigenvalue weighted by atomic mass is 10.0. The molecule has 2 aromatic carbocycles. The van der Waals surface area contributed by atoms with Crippen molar-refractivity contribution in [3.05, 3.63) is 77.9 Å². The number of anilines is 1. The Labute approximate surface area is 160 Å². The zero-order chi connectivity index (χ0) is 17.2. The van der Waals surface area contributed by atoms with Crippen LogP contribution >= 0.6 is 35.1 Å². The fourth-order valence-electron chi connectivity index (χ4n) is 3.03. The largest absolute Gasteiger partial charge is 0.302 e. The maximum Gasteiger partial charge on any atom is 0.237 e. The fourth-order valence-corrected chi connectivity index (χ4v) is 5.17. The summed E-state index contributed by atoms with van der Waals surface area (Å²) >= 11 is 9.30. The molecule has 126 valence electrons. The van der Waals surface area contributed by atoms with Crippen LogP contribution in [0.1, 0.15) is 0 Å². The van der Waals surface area contributed by atoms with Crippen LogP contribution in [-0.4, -0.2) is 23.0 Å². The van der Waals surface area contributed by atoms with Crippen LogP contribution in [0.2, 0.25) is 5.02 Å². The van der Waals surface area contributed by atoms with Gasteiger partial charge < -0.3 is 4.90 Å². The van der Waals surface area contributed by atoms with E-state index in [9.17, 15) is 4.79 Å². The van der Waals surface area contributed by atoms with E-state index in [1.807, 2.05) is 65.2 Å². The van der Waals surface area contributed by atoms with Gasteiger partial charge in [0.05, 0.1) is 22.7 Å². The lowest BCUT2D eigenvalue weighted by Crippen LogP contribution is -2.48. The van der Waals surface area contributed by atoms with Crippen molar-refractivity contribution in [1.82, 2.24) is 0 Å². The molecule has 0 bridgehead atoms. The normalized spacial score (nSPS) is 20.9. The van der Waals surface area contributed by atoms with E-state index in [1.165, 1.54) is 0 Å². The summed E-state index contributed by atoms with van der Waals surface area (Å²) in [4.78, 5) is 17.2. The average molecular weight is 386 g/mol. The zero-order valence-electron chi connectivity index (χ0n) is 13.3. The van der Waals surface area contributed by atoms with E-state index in [0.717, 1.165) is 15.5 Å². The third kappa shape index (κ3) is 3.52. The molecule has 0 fully saturated rings. The summed E-state index contributed by atoms with van der Waals surface area (Å²) in [5, 5.41) is 0.976. The number of hydrogen-bond acceptors (Lipinski definition) is 3. The minimum atomic E-state index is 0.0724. The van der Waals surface area contributed by atoms with Gasteiger partial charge in [-0.1, -0.05) is 48.0 Å². The Morgan fingerprint density at radius 3 is 2.68 bits per heavy atom. The highest BCUT2D eigenvalue weighted by atomic mass is 35.5. The van der Waals surface area contributed by atoms with Crippen LogP contribution in [0.5, 0.6) is 0 Å². The van der Waals surface area contributed by atoms with Crippen molar-refractivity contribution in [3.63, 3.8) is 0 Å². The van der Waals surface area contributed by atoms with Gasteiger partial charge in [-0.05, 0) is 36.4 Å². The molecule has 0 unspecified atom stereocenters. The number of fused-ring (bicyclic) bond motifs is 2. The van der Waals surface area contributed by atoms with Gasteiger partial charge in [-0.15, -0.1) is 23.5 Å². The number of allylic oxidation sites excluding steroid dienone is 2. The van der Waals surface area contributed by atoms with Crippen LogP contribution in [0.25, 0.3) is 0 Å². The second-order valence-corrected chi connectivity index (χ2v) is 8.52. The van der Waals surface area contributed by atoms with Gasteiger partial charge in [-0.3, -0.25) is 4.79 Å². The SMILES string of the molecule is O=C(CSc1ccc(Cl)cc1)N1c2ccccc2S[C@H]2C=CC=C[C@H]21. The van der Waals surface area contributed by atoms with E-state index in [2.05, 4.69) is 24.3 Å². The molecule has 1 amide bonds. The zero-order valence-corrected chi connectivity index (χ0v) is 15.7. The molecular weight excluding hydrogens is 370 g/mol. The predicted octanol–water partition coefficient (Wildman–Crippen LogP) is 5.43. The first-order valence-electron chi connectivity index (χ1n) is 8.03. The third-order valence-electron chi connectivity index (χ3n) is 4.19. The molecule has 0 N–H and O–H groups in total. The molecular formula is C20H16ClNOS2. The number of thioether (sulfide) groups is 2. The minimum absolute atomic E-state index is 0.0724. The van der Waals surface area contributed by atoms with Crippen LogP contribution < -0.4 is 4.90 Å². The lowest BCUT2D eigenvalue weighted by Gasteiger charge is -2.40. The molecule has 0 spiro atoms. The number of para-hydroxylation sites is 1. The second kappa shape index (κ2) is 7.32. The standard InChI is InChI=1S/C20H16ClNOS2/c21-14-9-11-15(12-10-14)24-13-20(23)22-16-5-1-3-7-18(16)25-19-8-4-2-6-17(19)22/h1-12,16,18H,13H2/t16-,18+/m1/s1. The third-order valence-corrected chi connectivity index (χ3v) is 6.74. The average Bonchev–Trinajstić information content (AvgIpc) is 2.65. The summed E-state index contributed by atoms with van der Waals surface area (Å²) in [5.41, 5.74) is 1.01. The number of hydrogen-bond donors (Lipinski definition) is 0. The Morgan fingerprint density at radius 1 is 1.08 bits per heavy atom. The van der Waals surface area contributed by atoms with Crippen LogP contribution in [0.15, 0.2) is 82.6 Å². The summed E-state index contributed by atoms with van der Waals surface area (Å²) in [6.07, 6.45) is 8.39. The summed E-state index contributed by atoms with van der Waals surface area (Å²) in [6.45, 7) is 0. The van der Waals surface area contributed by atoms with Crippen molar-refractivity contribution in [3.8, 4) is 0 Å². The summed E-state index contributed by atoms with van der Waals surface area (Å²) in [5.74, 6) is 0.532. The smallest absolute Gasteiger partial charge is 0.237 e. The molecule has 1 aliphatic heterocycles. The number of carbonyl (C=O) groups is 1. The fraction of sp³-hybridized carbons (Fsp3) is 0.150. The van der Waals surface area contributed by atoms with E-state index in [0.29, 0.717) is 10.8 Å². The highest BCUT2D eigenvalue weighted by Crippen LogP contribution is 2.43. The summed E-state index contributed by atoms with van der Waals surface area (Å²) in [7, 11) is 0. The van der Waals surface area contributed by atoms with Crippen molar-refractivity contribution in [2.24, 2.45) is 0 Å². The number of benzene rings is 2. The van der Waals surface area contributed by atoms with Gasteiger partial charge in [0.25, 0.3) is 0 Å². The number of amides is 1. The molecule has 2 aromatic rings. The molecule has 0 saturated carbocycles. The molecule has 2 atom stereocenters. The maximum atomic E-state index is 13.1. The van der Waals surface area contributed by atoms with Crippen molar-refractivity contribution < 1.29 is 4.79 Å². The van der Waals surface area contributed by atoms with Crippen molar-refractivity contribution in [1.29, 1.82) is 0 Å². The Balaban J connectivity index is 1.58. The van der Waals surface area contributed by atoms with Crippen molar-refractivity contribution >= 4 is 46.7 Å². The summed E-state index contributed by atoms with van der Waals surface area (Å²) in [6, 6.07) is 15.8. The highest BCUT2D eigenvalue weighted by Gasteiger charge is 2.36. The Hall–Kier alpha value is -1.62. The molecule has 2 nitrogen and oxygen atoms in total. The number of nitrogens with zero attached hydrogens (tertiary/aromatic N) is 1. The second-order valence-electron chi connectivity index (χ2n) is 5.82. The first-order valence-corrected chi connectivity index (χ1v) is 10.3. The van der Waals surface area contributed by atoms with Crippen LogP contribution in [0, 0.1) is 0 Å². The molecule has 0 saturated heterocycles. The van der Waals surface area contributed by atoms with Crippen molar-refractivity contribution in [2.45, 2.75) is 21.1 Å². The number of rotatable bonds is 3. The Kier molecular flexibility index (Phi) is 4.93. The van der Waals surface area contributed by atoms with Gasteiger partial charge >= 0.3 is 0 Å². The molecule has 2 aliphatic rings. The maximum absolute atomic E-state index is 13.1. The predicted molar refractivity (Wildman–Crippen MR) is 108 cm³/mol. The first-order chi connectivity index (χ1) is 12.2. The molecule has 4 rings (SSSR count). The molecule has 0 aromatic heterocycles. The minimum Gasteiger partial charge on any atom is -0.302 e.